The Balaban J connectivity index is 1.45. The number of hydrogen-bond donors (Lipinski definition) is 1. The van der Waals surface area contributed by atoms with E-state index in [-0.39, 0.29) is 27.4 Å². The van der Waals surface area contributed by atoms with Crippen molar-refractivity contribution in [2.45, 2.75) is 38.0 Å². The van der Waals surface area contributed by atoms with Gasteiger partial charge in [0, 0.05) is 22.0 Å². The first-order valence-corrected chi connectivity index (χ1v) is 14.7. The van der Waals surface area contributed by atoms with E-state index in [2.05, 4.69) is 42.3 Å². The molecule has 0 radical (unpaired) electrons. The van der Waals surface area contributed by atoms with Crippen LogP contribution in [-0.2, 0) is 4.79 Å². The Hall–Kier alpha value is -3.97. The summed E-state index contributed by atoms with van der Waals surface area (Å²) in [7, 11) is 0. The molecule has 1 fully saturated rings. The van der Waals surface area contributed by atoms with Gasteiger partial charge in [0.05, 0.1) is 32.2 Å². The van der Waals surface area contributed by atoms with Gasteiger partial charge >= 0.3 is 5.69 Å². The van der Waals surface area contributed by atoms with Crippen LogP contribution in [0, 0.1) is 15.9 Å². The van der Waals surface area contributed by atoms with Crippen LogP contribution in [0.15, 0.2) is 73.4 Å². The minimum Gasteiger partial charge on any atom is -0.476 e. The summed E-state index contributed by atoms with van der Waals surface area (Å²) in [5, 5.41) is 19.1. The number of nitro groups is 1. The van der Waals surface area contributed by atoms with Crippen LogP contribution in [0.2, 0.25) is 0 Å². The zero-order valence-corrected chi connectivity index (χ0v) is 25.2. The number of halogens is 3. The lowest BCUT2D eigenvalue weighted by Crippen LogP contribution is -2.25. The number of para-hydroxylation sites is 1. The van der Waals surface area contributed by atoms with Crippen LogP contribution in [0.25, 0.3) is 10.9 Å². The van der Waals surface area contributed by atoms with Crippen LogP contribution >= 0.6 is 31.9 Å². The number of ether oxygens (including phenoxy) is 1. The number of hydrogen-bond acceptors (Lipinski definition) is 7. The van der Waals surface area contributed by atoms with Crippen LogP contribution in [-0.4, -0.2) is 33.3 Å². The minimum atomic E-state index is -0.697. The summed E-state index contributed by atoms with van der Waals surface area (Å²) in [6, 6.07) is 13.7. The van der Waals surface area contributed by atoms with Gasteiger partial charge < -0.3 is 10.1 Å². The molecule has 1 aliphatic rings. The van der Waals surface area contributed by atoms with Gasteiger partial charge in [-0.25, -0.2) is 9.37 Å². The smallest absolute Gasteiger partial charge is 0.312 e. The van der Waals surface area contributed by atoms with Crippen molar-refractivity contribution in [2.75, 3.05) is 11.9 Å². The summed E-state index contributed by atoms with van der Waals surface area (Å²) in [5.41, 5.74) is 0.0868. The van der Waals surface area contributed by atoms with Gasteiger partial charge in [-0.15, -0.1) is 0 Å². The molecular weight excluding hydrogens is 677 g/mol. The van der Waals surface area contributed by atoms with Crippen LogP contribution in [0.4, 0.5) is 15.8 Å². The molecule has 216 valence electrons. The first kappa shape index (κ1) is 29.5. The third-order valence-electron chi connectivity index (χ3n) is 6.86. The maximum atomic E-state index is 13.8. The highest BCUT2D eigenvalue weighted by Gasteiger charge is 2.24. The molecule has 1 amide bonds. The topological polar surface area (TPSA) is 129 Å². The molecule has 13 heteroatoms. The average Bonchev–Trinajstić information content (AvgIpc) is 2.97. The normalized spacial score (nSPS) is 13.9. The van der Waals surface area contributed by atoms with Crippen molar-refractivity contribution in [3.63, 3.8) is 0 Å². The van der Waals surface area contributed by atoms with Gasteiger partial charge in [0.1, 0.15) is 11.6 Å². The fourth-order valence-electron chi connectivity index (χ4n) is 4.87. The van der Waals surface area contributed by atoms with Crippen molar-refractivity contribution in [1.82, 2.24) is 9.66 Å². The summed E-state index contributed by atoms with van der Waals surface area (Å²) in [6.07, 6.45) is 6.31. The van der Waals surface area contributed by atoms with Gasteiger partial charge in [-0.05, 0) is 65.2 Å². The molecule has 0 saturated heterocycles. The van der Waals surface area contributed by atoms with Gasteiger partial charge in [-0.2, -0.15) is 9.78 Å². The van der Waals surface area contributed by atoms with Crippen LogP contribution in [0.3, 0.4) is 0 Å². The maximum absolute atomic E-state index is 13.8. The van der Waals surface area contributed by atoms with E-state index in [0.29, 0.717) is 22.3 Å². The molecule has 1 N–H and O–H groups in total. The largest absolute Gasteiger partial charge is 0.476 e. The number of aromatic nitrogens is 2. The van der Waals surface area contributed by atoms with Crippen molar-refractivity contribution in [2.24, 2.45) is 5.10 Å². The Morgan fingerprint density at radius 1 is 1.17 bits per heavy atom. The number of fused-ring (bicyclic) bond motifs is 1. The molecule has 10 nitrogen and oxygen atoms in total. The number of rotatable bonds is 8. The molecule has 42 heavy (non-hydrogen) atoms. The number of anilines is 1. The molecule has 0 aliphatic heterocycles. The second-order valence-electron chi connectivity index (χ2n) is 9.75. The van der Waals surface area contributed by atoms with E-state index >= 15 is 0 Å². The molecule has 1 heterocycles. The molecule has 0 spiro atoms. The fourth-order valence-corrected chi connectivity index (χ4v) is 5.81. The molecular formula is C29H24Br2FN5O5. The Kier molecular flexibility index (Phi) is 9.07. The number of nitrogens with zero attached hydrogens (tertiary/aromatic N) is 4. The maximum Gasteiger partial charge on any atom is 0.312 e. The van der Waals surface area contributed by atoms with Gasteiger partial charge in [0.25, 0.3) is 11.5 Å². The van der Waals surface area contributed by atoms with Crippen molar-refractivity contribution >= 4 is 66.3 Å². The molecule has 1 saturated carbocycles. The second-order valence-corrected chi connectivity index (χ2v) is 11.5. The Morgan fingerprint density at radius 2 is 1.93 bits per heavy atom. The summed E-state index contributed by atoms with van der Waals surface area (Å²) in [5.74, 6) is -0.888. The highest BCUT2D eigenvalue weighted by Crippen LogP contribution is 2.36. The molecule has 5 rings (SSSR count). The monoisotopic (exact) mass is 699 g/mol. The number of amides is 1. The molecule has 0 atom stereocenters. The average molecular weight is 701 g/mol. The second kappa shape index (κ2) is 12.9. The van der Waals surface area contributed by atoms with Crippen molar-refractivity contribution < 1.29 is 18.8 Å². The lowest BCUT2D eigenvalue weighted by Gasteiger charge is -2.22. The van der Waals surface area contributed by atoms with E-state index in [1.165, 1.54) is 41.2 Å². The lowest BCUT2D eigenvalue weighted by molar-refractivity contribution is -0.385. The van der Waals surface area contributed by atoms with Crippen molar-refractivity contribution in [1.29, 1.82) is 0 Å². The predicted octanol–water partition coefficient (Wildman–Crippen LogP) is 6.92. The van der Waals surface area contributed by atoms with Gasteiger partial charge in [0.2, 0.25) is 5.75 Å². The lowest BCUT2D eigenvalue weighted by atomic mass is 9.88. The fraction of sp³-hybridized carbons (Fsp3) is 0.241. The first-order chi connectivity index (χ1) is 20.2. The quantitative estimate of drug-likeness (QED) is 0.121. The number of nitrogens with one attached hydrogen (secondary N) is 1. The highest BCUT2D eigenvalue weighted by atomic mass is 79.9. The predicted molar refractivity (Wildman–Crippen MR) is 164 cm³/mol. The molecule has 0 unspecified atom stereocenters. The van der Waals surface area contributed by atoms with Crippen molar-refractivity contribution in [3.05, 3.63) is 101 Å². The minimum absolute atomic E-state index is 0.0374. The highest BCUT2D eigenvalue weighted by molar-refractivity contribution is 9.10. The summed E-state index contributed by atoms with van der Waals surface area (Å²) in [6.45, 7) is -0.598. The number of carbonyl (C=O) groups is 1. The van der Waals surface area contributed by atoms with Gasteiger partial charge in [0.15, 0.2) is 6.61 Å². The summed E-state index contributed by atoms with van der Waals surface area (Å²) < 4.78 is 21.5. The number of nitro benzene ring substituents is 1. The summed E-state index contributed by atoms with van der Waals surface area (Å²) >= 11 is 6.69. The Bertz CT molecular complexity index is 1770. The number of carbonyl (C=O) groups excluding carboxylic acids is 1. The van der Waals surface area contributed by atoms with E-state index < -0.39 is 28.9 Å². The zero-order chi connectivity index (χ0) is 29.8. The Labute approximate surface area is 256 Å². The number of benzene rings is 3. The molecule has 0 bridgehead atoms. The van der Waals surface area contributed by atoms with E-state index in [1.54, 1.807) is 18.2 Å². The van der Waals surface area contributed by atoms with Gasteiger partial charge in [-0.3, -0.25) is 19.7 Å². The SMILES string of the molecule is O=C(COc1c(Br)cc(C=Nn2c(C3CCCCC3)nc3ccc(Br)cc3c2=O)cc1[N+](=O)[O-])Nc1ccccc1F. The molecule has 3 aromatic carbocycles. The zero-order valence-electron chi connectivity index (χ0n) is 22.1. The van der Waals surface area contributed by atoms with Crippen LogP contribution < -0.4 is 15.6 Å². The molecule has 1 aromatic heterocycles. The standard InChI is InChI=1S/C29H24Br2FN5O5/c30-19-10-11-23-20(14-19)29(39)36(28(35-23)18-6-2-1-3-7-18)33-15-17-12-21(31)27(25(13-17)37(40)41)42-16-26(38)34-24-9-5-4-8-22(24)32/h4-5,8-15,18H,1-3,6-7,16H2,(H,34,38). The van der Waals surface area contributed by atoms with Gasteiger partial charge in [-0.1, -0.05) is 47.3 Å². The van der Waals surface area contributed by atoms with Crippen molar-refractivity contribution in [3.8, 4) is 5.75 Å². The Morgan fingerprint density at radius 3 is 2.67 bits per heavy atom. The van der Waals surface area contributed by atoms with Crippen LogP contribution in [0.1, 0.15) is 49.4 Å². The first-order valence-electron chi connectivity index (χ1n) is 13.1. The third kappa shape index (κ3) is 6.57. The van der Waals surface area contributed by atoms with E-state index in [1.807, 2.05) is 6.07 Å². The van der Waals surface area contributed by atoms with E-state index in [9.17, 15) is 24.1 Å². The van der Waals surface area contributed by atoms with Crippen LogP contribution in [0.5, 0.6) is 5.75 Å². The molecule has 1 aliphatic carbocycles. The summed E-state index contributed by atoms with van der Waals surface area (Å²) in [4.78, 5) is 41.9. The molecule has 4 aromatic rings. The van der Waals surface area contributed by atoms with E-state index in [0.717, 1.165) is 36.6 Å². The third-order valence-corrected chi connectivity index (χ3v) is 7.95. The van der Waals surface area contributed by atoms with E-state index in [4.69, 9.17) is 9.72 Å².